The van der Waals surface area contributed by atoms with Crippen LogP contribution >= 0.6 is 11.3 Å². The van der Waals surface area contributed by atoms with Crippen molar-refractivity contribution in [2.24, 2.45) is 0 Å². The molecule has 0 aliphatic rings. The predicted molar refractivity (Wildman–Crippen MR) is 98.1 cm³/mol. The van der Waals surface area contributed by atoms with Gasteiger partial charge in [0.05, 0.1) is 23.9 Å². The van der Waals surface area contributed by atoms with Gasteiger partial charge in [-0.25, -0.2) is 0 Å². The van der Waals surface area contributed by atoms with Crippen LogP contribution in [-0.4, -0.2) is 12.1 Å². The van der Waals surface area contributed by atoms with Gasteiger partial charge >= 0.3 is 0 Å². The van der Waals surface area contributed by atoms with Gasteiger partial charge in [-0.1, -0.05) is 12.1 Å². The summed E-state index contributed by atoms with van der Waals surface area (Å²) in [7, 11) is 1.64. The van der Waals surface area contributed by atoms with E-state index >= 15 is 0 Å². The Balaban J connectivity index is 1.98. The molecular formula is C19H13N3OS. The van der Waals surface area contributed by atoms with Crippen molar-refractivity contribution in [1.82, 2.24) is 4.98 Å². The van der Waals surface area contributed by atoms with E-state index in [9.17, 15) is 5.26 Å². The molecule has 4 nitrogen and oxygen atoms in total. The highest BCUT2D eigenvalue weighted by molar-refractivity contribution is 7.18. The first-order chi connectivity index (χ1) is 11.8. The van der Waals surface area contributed by atoms with E-state index in [1.165, 1.54) is 0 Å². The molecule has 2 aromatic carbocycles. The van der Waals surface area contributed by atoms with Gasteiger partial charge in [0.15, 0.2) is 0 Å². The lowest BCUT2D eigenvalue weighted by molar-refractivity contribution is 0.415. The second-order valence-electron chi connectivity index (χ2n) is 5.31. The summed E-state index contributed by atoms with van der Waals surface area (Å²) in [6.07, 6.45) is 1.62. The Morgan fingerprint density at radius 3 is 2.96 bits per heavy atom. The Morgan fingerprint density at radius 2 is 2.12 bits per heavy atom. The topological polar surface area (TPSA) is 57.9 Å². The first-order valence-corrected chi connectivity index (χ1v) is 8.28. The van der Waals surface area contributed by atoms with Crippen molar-refractivity contribution >= 4 is 43.7 Å². The second kappa shape index (κ2) is 5.84. The van der Waals surface area contributed by atoms with Gasteiger partial charge < -0.3 is 10.1 Å². The van der Waals surface area contributed by atoms with Crippen LogP contribution in [0.2, 0.25) is 0 Å². The number of anilines is 2. The van der Waals surface area contributed by atoms with Crippen molar-refractivity contribution in [3.05, 3.63) is 59.6 Å². The summed E-state index contributed by atoms with van der Waals surface area (Å²) in [5.74, 6) is 0.762. The van der Waals surface area contributed by atoms with Gasteiger partial charge in [-0.3, -0.25) is 4.98 Å². The summed E-state index contributed by atoms with van der Waals surface area (Å²) < 4.78 is 6.41. The Labute approximate surface area is 142 Å². The number of rotatable bonds is 3. The number of nitrogens with one attached hydrogen (secondary N) is 1. The second-order valence-corrected chi connectivity index (χ2v) is 6.23. The zero-order valence-corrected chi connectivity index (χ0v) is 13.7. The molecule has 0 atom stereocenters. The molecule has 0 radical (unpaired) electrons. The molecule has 4 rings (SSSR count). The maximum atomic E-state index is 9.53. The Morgan fingerprint density at radius 1 is 1.21 bits per heavy atom. The summed E-state index contributed by atoms with van der Waals surface area (Å²) in [6, 6.07) is 16.0. The first kappa shape index (κ1) is 14.5. The lowest BCUT2D eigenvalue weighted by atomic mass is 10.1. The number of fused-ring (bicyclic) bond motifs is 3. The fraction of sp³-hybridized carbons (Fsp3) is 0.0526. The number of benzene rings is 2. The van der Waals surface area contributed by atoms with Gasteiger partial charge in [-0.15, -0.1) is 11.3 Å². The standard InChI is InChI=1S/C19H13N3OS/c1-23-15-4-2-3-14(9-15)22-18-13(10-20)11-21-16-6-5-12-7-8-24-19(12)17(16)18/h2-9,11H,1H3,(H,21,22). The third-order valence-corrected chi connectivity index (χ3v) is 4.86. The van der Waals surface area contributed by atoms with Crippen molar-refractivity contribution in [2.45, 2.75) is 0 Å². The number of aromatic nitrogens is 1. The summed E-state index contributed by atoms with van der Waals surface area (Å²) in [4.78, 5) is 4.44. The Bertz CT molecular complexity index is 1090. The van der Waals surface area contributed by atoms with E-state index in [0.29, 0.717) is 5.56 Å². The van der Waals surface area contributed by atoms with E-state index in [4.69, 9.17) is 4.74 Å². The van der Waals surface area contributed by atoms with Gasteiger partial charge in [0.1, 0.15) is 11.8 Å². The van der Waals surface area contributed by atoms with E-state index in [0.717, 1.165) is 38.1 Å². The molecule has 2 heterocycles. The van der Waals surface area contributed by atoms with Gasteiger partial charge in [-0.2, -0.15) is 5.26 Å². The molecule has 2 aromatic heterocycles. The van der Waals surface area contributed by atoms with Crippen LogP contribution < -0.4 is 10.1 Å². The minimum atomic E-state index is 0.520. The number of nitrogens with zero attached hydrogens (tertiary/aromatic N) is 2. The summed E-state index contributed by atoms with van der Waals surface area (Å²) >= 11 is 1.65. The molecule has 0 aliphatic carbocycles. The van der Waals surface area contributed by atoms with Crippen LogP contribution in [0.5, 0.6) is 5.75 Å². The third-order valence-electron chi connectivity index (χ3n) is 3.91. The van der Waals surface area contributed by atoms with Gasteiger partial charge in [0.2, 0.25) is 0 Å². The number of hydrogen-bond acceptors (Lipinski definition) is 5. The van der Waals surface area contributed by atoms with Crippen molar-refractivity contribution in [2.75, 3.05) is 12.4 Å². The maximum Gasteiger partial charge on any atom is 0.120 e. The minimum Gasteiger partial charge on any atom is -0.497 e. The van der Waals surface area contributed by atoms with Crippen molar-refractivity contribution in [3.63, 3.8) is 0 Å². The van der Waals surface area contributed by atoms with Crippen molar-refractivity contribution < 1.29 is 4.74 Å². The molecule has 0 spiro atoms. The largest absolute Gasteiger partial charge is 0.497 e. The van der Waals surface area contributed by atoms with Gasteiger partial charge in [0.25, 0.3) is 0 Å². The van der Waals surface area contributed by atoms with Crippen LogP contribution in [0.4, 0.5) is 11.4 Å². The number of pyridine rings is 1. The van der Waals surface area contributed by atoms with Crippen LogP contribution in [0.25, 0.3) is 21.0 Å². The van der Waals surface area contributed by atoms with Crippen LogP contribution in [0.1, 0.15) is 5.56 Å². The van der Waals surface area contributed by atoms with E-state index in [2.05, 4.69) is 33.9 Å². The summed E-state index contributed by atoms with van der Waals surface area (Å²) in [5, 5.41) is 17.1. The summed E-state index contributed by atoms with van der Waals surface area (Å²) in [5.41, 5.74) is 3.04. The molecule has 1 N–H and O–H groups in total. The molecular weight excluding hydrogens is 318 g/mol. The fourth-order valence-corrected chi connectivity index (χ4v) is 3.71. The highest BCUT2D eigenvalue weighted by Crippen LogP contribution is 2.37. The molecule has 4 aromatic rings. The highest BCUT2D eigenvalue weighted by atomic mass is 32.1. The predicted octanol–water partition coefficient (Wildman–Crippen LogP) is 5.07. The molecule has 0 aliphatic heterocycles. The molecule has 116 valence electrons. The molecule has 0 unspecified atom stereocenters. The number of ether oxygens (including phenoxy) is 1. The highest BCUT2D eigenvalue weighted by Gasteiger charge is 2.13. The fourth-order valence-electron chi connectivity index (χ4n) is 2.76. The summed E-state index contributed by atoms with van der Waals surface area (Å²) in [6.45, 7) is 0. The SMILES string of the molecule is COc1cccc(Nc2c(C#N)cnc3ccc4ccsc4c23)c1. The van der Waals surface area contributed by atoms with Crippen LogP contribution in [-0.2, 0) is 0 Å². The van der Waals surface area contributed by atoms with E-state index in [1.807, 2.05) is 30.3 Å². The molecule has 24 heavy (non-hydrogen) atoms. The molecule has 5 heteroatoms. The monoisotopic (exact) mass is 331 g/mol. The van der Waals surface area contributed by atoms with E-state index < -0.39 is 0 Å². The average Bonchev–Trinajstić information content (AvgIpc) is 3.10. The number of nitriles is 1. The van der Waals surface area contributed by atoms with Crippen LogP contribution in [0.15, 0.2) is 54.0 Å². The van der Waals surface area contributed by atoms with E-state index in [1.54, 1.807) is 24.6 Å². The Kier molecular flexibility index (Phi) is 3.52. The zero-order valence-electron chi connectivity index (χ0n) is 12.9. The number of hydrogen-bond donors (Lipinski definition) is 1. The maximum absolute atomic E-state index is 9.53. The molecule has 0 saturated carbocycles. The van der Waals surface area contributed by atoms with Gasteiger partial charge in [0, 0.05) is 28.0 Å². The minimum absolute atomic E-state index is 0.520. The van der Waals surface area contributed by atoms with Crippen molar-refractivity contribution in [1.29, 1.82) is 5.26 Å². The van der Waals surface area contributed by atoms with Crippen LogP contribution in [0.3, 0.4) is 0 Å². The zero-order chi connectivity index (χ0) is 16.5. The first-order valence-electron chi connectivity index (χ1n) is 7.40. The third kappa shape index (κ3) is 2.34. The van der Waals surface area contributed by atoms with E-state index in [-0.39, 0.29) is 0 Å². The smallest absolute Gasteiger partial charge is 0.120 e. The Hall–Kier alpha value is -3.10. The quantitative estimate of drug-likeness (QED) is 0.569. The lowest BCUT2D eigenvalue weighted by Gasteiger charge is -2.13. The lowest BCUT2D eigenvalue weighted by Crippen LogP contribution is -1.97. The van der Waals surface area contributed by atoms with Crippen molar-refractivity contribution in [3.8, 4) is 11.8 Å². The molecule has 0 amide bonds. The molecule has 0 bridgehead atoms. The number of thiophene rings is 1. The normalized spacial score (nSPS) is 10.7. The molecule has 0 fully saturated rings. The molecule has 0 saturated heterocycles. The number of methoxy groups -OCH3 is 1. The average molecular weight is 331 g/mol. The van der Waals surface area contributed by atoms with Crippen LogP contribution in [0, 0.1) is 11.3 Å². The van der Waals surface area contributed by atoms with Gasteiger partial charge in [-0.05, 0) is 35.0 Å².